The van der Waals surface area contributed by atoms with Gasteiger partial charge in [0.25, 0.3) is 0 Å². The molecule has 0 aliphatic rings. The van der Waals surface area contributed by atoms with Crippen molar-refractivity contribution in [2.45, 2.75) is 25.7 Å². The molecule has 2 aromatic carbocycles. The number of aryl methyl sites for hydroxylation is 2. The van der Waals surface area contributed by atoms with Crippen molar-refractivity contribution < 1.29 is 13.2 Å². The van der Waals surface area contributed by atoms with Crippen molar-refractivity contribution in [1.82, 2.24) is 4.31 Å². The van der Waals surface area contributed by atoms with Crippen molar-refractivity contribution in [2.75, 3.05) is 36.0 Å². The van der Waals surface area contributed by atoms with Crippen LogP contribution in [0, 0.1) is 13.8 Å². The average Bonchev–Trinajstić information content (AvgIpc) is 2.63. The molecule has 0 aliphatic heterocycles. The zero-order chi connectivity index (χ0) is 20.9. The van der Waals surface area contributed by atoms with Crippen LogP contribution in [0.4, 0.5) is 11.4 Å². The van der Waals surface area contributed by atoms with Crippen LogP contribution in [-0.2, 0) is 15.0 Å². The van der Waals surface area contributed by atoms with Gasteiger partial charge in [0, 0.05) is 19.0 Å². The molecule has 6 nitrogen and oxygen atoms in total. The molecule has 0 atom stereocenters. The first-order chi connectivity index (χ1) is 13.2. The molecule has 2 rings (SSSR count). The smallest absolute Gasteiger partial charge is 0.304 e. The Labute approximate surface area is 172 Å². The normalized spacial score (nSPS) is 11.5. The van der Waals surface area contributed by atoms with Gasteiger partial charge in [-0.1, -0.05) is 31.2 Å². The van der Waals surface area contributed by atoms with Crippen molar-refractivity contribution >= 4 is 39.3 Å². The minimum absolute atomic E-state index is 0.310. The van der Waals surface area contributed by atoms with Gasteiger partial charge in [-0.3, -0.25) is 4.79 Å². The number of hydrogen-bond donors (Lipinski definition) is 1. The standard InChI is InChI=1S/C20H27N3O3S2/c1-6-27-19-10-8-7-9-17(19)21-20(24)14-23(28(25,26)22(4)5)18-13-15(2)11-12-16(18)3/h7-13H,6,14H2,1-5H3,(H,21,24). The van der Waals surface area contributed by atoms with Crippen molar-refractivity contribution in [2.24, 2.45) is 0 Å². The molecule has 0 radical (unpaired) electrons. The van der Waals surface area contributed by atoms with Crippen LogP contribution in [0.3, 0.4) is 0 Å². The Kier molecular flexibility index (Phi) is 7.51. The van der Waals surface area contributed by atoms with E-state index in [1.807, 2.05) is 57.2 Å². The molecular formula is C20H27N3O3S2. The third kappa shape index (κ3) is 5.27. The Balaban J connectivity index is 2.36. The van der Waals surface area contributed by atoms with Crippen LogP contribution in [0.5, 0.6) is 0 Å². The van der Waals surface area contributed by atoms with Crippen LogP contribution in [0.25, 0.3) is 0 Å². The van der Waals surface area contributed by atoms with Gasteiger partial charge in [0.1, 0.15) is 6.54 Å². The molecule has 0 saturated heterocycles. The zero-order valence-electron chi connectivity index (χ0n) is 16.9. The van der Waals surface area contributed by atoms with Gasteiger partial charge >= 0.3 is 10.2 Å². The Bertz CT molecular complexity index is 943. The van der Waals surface area contributed by atoms with Gasteiger partial charge in [0.15, 0.2) is 0 Å². The van der Waals surface area contributed by atoms with E-state index in [2.05, 4.69) is 5.32 Å². The molecule has 0 saturated carbocycles. The Hall–Kier alpha value is -2.03. The van der Waals surface area contributed by atoms with Gasteiger partial charge in [-0.05, 0) is 48.9 Å². The summed E-state index contributed by atoms with van der Waals surface area (Å²) in [6.45, 7) is 5.45. The van der Waals surface area contributed by atoms with E-state index < -0.39 is 16.1 Å². The van der Waals surface area contributed by atoms with Crippen LogP contribution >= 0.6 is 11.8 Å². The van der Waals surface area contributed by atoms with Gasteiger partial charge in [0.2, 0.25) is 5.91 Å². The van der Waals surface area contributed by atoms with E-state index in [0.29, 0.717) is 11.4 Å². The highest BCUT2D eigenvalue weighted by atomic mass is 32.2. The molecule has 0 fully saturated rings. The quantitative estimate of drug-likeness (QED) is 0.661. The summed E-state index contributed by atoms with van der Waals surface area (Å²) < 4.78 is 28.1. The van der Waals surface area contributed by atoms with Crippen molar-refractivity contribution in [3.05, 3.63) is 53.6 Å². The molecule has 152 valence electrons. The molecule has 2 aromatic rings. The number of thioether (sulfide) groups is 1. The summed E-state index contributed by atoms with van der Waals surface area (Å²) in [6.07, 6.45) is 0. The molecule has 0 bridgehead atoms. The maximum Gasteiger partial charge on any atom is 0.304 e. The second kappa shape index (κ2) is 9.45. The number of nitrogens with one attached hydrogen (secondary N) is 1. The summed E-state index contributed by atoms with van der Waals surface area (Å²) in [5.41, 5.74) is 2.89. The van der Waals surface area contributed by atoms with Gasteiger partial charge < -0.3 is 5.32 Å². The summed E-state index contributed by atoms with van der Waals surface area (Å²) in [7, 11) is -0.925. The van der Waals surface area contributed by atoms with E-state index >= 15 is 0 Å². The summed E-state index contributed by atoms with van der Waals surface area (Å²) in [4.78, 5) is 13.7. The number of para-hydroxylation sites is 1. The SMILES string of the molecule is CCSc1ccccc1NC(=O)CN(c1cc(C)ccc1C)S(=O)(=O)N(C)C. The fraction of sp³-hybridized carbons (Fsp3) is 0.350. The van der Waals surface area contributed by atoms with Crippen molar-refractivity contribution in [1.29, 1.82) is 0 Å². The molecule has 1 N–H and O–H groups in total. The maximum absolute atomic E-state index is 12.9. The number of nitrogens with zero attached hydrogens (tertiary/aromatic N) is 2. The molecule has 0 spiro atoms. The molecule has 0 heterocycles. The Morgan fingerprint density at radius 2 is 1.79 bits per heavy atom. The Morgan fingerprint density at radius 1 is 1.11 bits per heavy atom. The molecule has 0 aliphatic carbocycles. The van der Waals surface area contributed by atoms with Crippen LogP contribution in [0.2, 0.25) is 0 Å². The van der Waals surface area contributed by atoms with Crippen LogP contribution < -0.4 is 9.62 Å². The number of hydrogen-bond acceptors (Lipinski definition) is 4. The molecular weight excluding hydrogens is 394 g/mol. The second-order valence-electron chi connectivity index (χ2n) is 6.56. The summed E-state index contributed by atoms with van der Waals surface area (Å²) >= 11 is 1.62. The lowest BCUT2D eigenvalue weighted by molar-refractivity contribution is -0.114. The number of benzene rings is 2. The summed E-state index contributed by atoms with van der Waals surface area (Å²) in [5, 5.41) is 2.86. The largest absolute Gasteiger partial charge is 0.323 e. The van der Waals surface area contributed by atoms with Gasteiger partial charge in [-0.25, -0.2) is 4.31 Å². The van der Waals surface area contributed by atoms with E-state index in [1.165, 1.54) is 14.1 Å². The fourth-order valence-electron chi connectivity index (χ4n) is 2.65. The van der Waals surface area contributed by atoms with E-state index in [1.54, 1.807) is 17.8 Å². The number of amides is 1. The number of carbonyl (C=O) groups excluding carboxylic acids is 1. The van der Waals surface area contributed by atoms with E-state index in [9.17, 15) is 13.2 Å². The highest BCUT2D eigenvalue weighted by molar-refractivity contribution is 7.99. The van der Waals surface area contributed by atoms with Crippen LogP contribution in [0.15, 0.2) is 47.4 Å². The third-order valence-electron chi connectivity index (χ3n) is 4.12. The Morgan fingerprint density at radius 3 is 2.43 bits per heavy atom. The number of anilines is 2. The highest BCUT2D eigenvalue weighted by Gasteiger charge is 2.28. The van der Waals surface area contributed by atoms with Crippen LogP contribution in [0.1, 0.15) is 18.1 Å². The van der Waals surface area contributed by atoms with Gasteiger partial charge in [0.05, 0.1) is 11.4 Å². The summed E-state index contributed by atoms with van der Waals surface area (Å²) in [5.74, 6) is 0.478. The zero-order valence-corrected chi connectivity index (χ0v) is 18.5. The lowest BCUT2D eigenvalue weighted by Crippen LogP contribution is -2.44. The van der Waals surface area contributed by atoms with E-state index in [-0.39, 0.29) is 6.54 Å². The maximum atomic E-state index is 12.9. The fourth-order valence-corrected chi connectivity index (χ4v) is 4.53. The lowest BCUT2D eigenvalue weighted by atomic mass is 10.1. The molecule has 0 aromatic heterocycles. The first-order valence-corrected chi connectivity index (χ1v) is 11.3. The first kappa shape index (κ1) is 22.3. The predicted octanol–water partition coefficient (Wildman–Crippen LogP) is 3.67. The predicted molar refractivity (Wildman–Crippen MR) is 117 cm³/mol. The molecule has 1 amide bonds. The average molecular weight is 422 g/mol. The monoisotopic (exact) mass is 421 g/mol. The topological polar surface area (TPSA) is 69.7 Å². The molecule has 0 unspecified atom stereocenters. The lowest BCUT2D eigenvalue weighted by Gasteiger charge is -2.28. The molecule has 8 heteroatoms. The molecule has 28 heavy (non-hydrogen) atoms. The van der Waals surface area contributed by atoms with Gasteiger partial charge in [-0.15, -0.1) is 11.8 Å². The van der Waals surface area contributed by atoms with Crippen LogP contribution in [-0.4, -0.2) is 45.0 Å². The third-order valence-corrected chi connectivity index (χ3v) is 6.88. The highest BCUT2D eigenvalue weighted by Crippen LogP contribution is 2.28. The minimum Gasteiger partial charge on any atom is -0.323 e. The van der Waals surface area contributed by atoms with Crippen molar-refractivity contribution in [3.63, 3.8) is 0 Å². The number of carbonyl (C=O) groups is 1. The van der Waals surface area contributed by atoms with E-state index in [0.717, 1.165) is 30.4 Å². The minimum atomic E-state index is -3.84. The first-order valence-electron chi connectivity index (χ1n) is 8.96. The van der Waals surface area contributed by atoms with Crippen molar-refractivity contribution in [3.8, 4) is 0 Å². The second-order valence-corrected chi connectivity index (χ2v) is 9.94. The van der Waals surface area contributed by atoms with Gasteiger partial charge in [-0.2, -0.15) is 12.7 Å². The van der Waals surface area contributed by atoms with E-state index in [4.69, 9.17) is 0 Å². The summed E-state index contributed by atoms with van der Waals surface area (Å²) in [6, 6.07) is 13.1. The number of rotatable bonds is 8.